The minimum absolute atomic E-state index is 0.0706. The summed E-state index contributed by atoms with van der Waals surface area (Å²) in [6.45, 7) is 5.64. The van der Waals surface area contributed by atoms with Crippen LogP contribution in [0.3, 0.4) is 0 Å². The maximum atomic E-state index is 12.7. The molecule has 3 aromatic rings. The van der Waals surface area contributed by atoms with E-state index in [-0.39, 0.29) is 17.4 Å². The molecule has 146 valence electrons. The highest BCUT2D eigenvalue weighted by Crippen LogP contribution is 2.29. The SMILES string of the molecule is COCCN1C[C@H](c2cc(=O)n3[nH]c(-c4cccc(C)c4)c(C)c3n2)CC1=O. The number of nitrogens with zero attached hydrogens (tertiary/aromatic N) is 3. The zero-order valence-electron chi connectivity index (χ0n) is 16.4. The topological polar surface area (TPSA) is 79.7 Å². The summed E-state index contributed by atoms with van der Waals surface area (Å²) in [4.78, 5) is 31.5. The third-order valence-electron chi connectivity index (χ3n) is 5.38. The van der Waals surface area contributed by atoms with E-state index >= 15 is 0 Å². The number of H-pyrrole nitrogens is 1. The standard InChI is InChI=1S/C21H24N4O3/c1-13-5-4-6-15(9-13)20-14(2)21-22-17(11-19(27)25(21)23-20)16-10-18(26)24(12-16)7-8-28-3/h4-6,9,11,16,23H,7-8,10,12H2,1-3H3/t16-/m1/s1. The maximum absolute atomic E-state index is 12.7. The van der Waals surface area contributed by atoms with Crippen LogP contribution in [-0.4, -0.2) is 52.2 Å². The number of carbonyl (C=O) groups is 1. The van der Waals surface area contributed by atoms with E-state index in [1.807, 2.05) is 32.0 Å². The number of hydrogen-bond donors (Lipinski definition) is 1. The second-order valence-corrected chi connectivity index (χ2v) is 7.39. The lowest BCUT2D eigenvalue weighted by Crippen LogP contribution is -2.28. The molecule has 0 radical (unpaired) electrons. The van der Waals surface area contributed by atoms with Crippen LogP contribution < -0.4 is 5.56 Å². The molecular weight excluding hydrogens is 356 g/mol. The summed E-state index contributed by atoms with van der Waals surface area (Å²) in [7, 11) is 1.62. The Hall–Kier alpha value is -2.93. The molecule has 28 heavy (non-hydrogen) atoms. The highest BCUT2D eigenvalue weighted by molar-refractivity contribution is 5.79. The molecule has 1 aromatic carbocycles. The molecule has 7 nitrogen and oxygen atoms in total. The van der Waals surface area contributed by atoms with E-state index in [0.717, 1.165) is 22.4 Å². The molecule has 1 amide bonds. The zero-order valence-corrected chi connectivity index (χ0v) is 16.4. The Bertz CT molecular complexity index is 1100. The first-order valence-corrected chi connectivity index (χ1v) is 9.44. The van der Waals surface area contributed by atoms with Crippen molar-refractivity contribution in [1.82, 2.24) is 19.5 Å². The van der Waals surface area contributed by atoms with Crippen molar-refractivity contribution in [3.8, 4) is 11.3 Å². The summed E-state index contributed by atoms with van der Waals surface area (Å²) >= 11 is 0. The smallest absolute Gasteiger partial charge is 0.272 e. The van der Waals surface area contributed by atoms with E-state index < -0.39 is 0 Å². The van der Waals surface area contributed by atoms with Crippen LogP contribution in [0, 0.1) is 13.8 Å². The average molecular weight is 380 g/mol. The molecule has 0 aliphatic carbocycles. The van der Waals surface area contributed by atoms with Gasteiger partial charge in [-0.15, -0.1) is 0 Å². The first-order chi connectivity index (χ1) is 13.5. The van der Waals surface area contributed by atoms with Crippen LogP contribution in [0.4, 0.5) is 0 Å². The summed E-state index contributed by atoms with van der Waals surface area (Å²) in [5.74, 6) is 0.00839. The van der Waals surface area contributed by atoms with E-state index in [4.69, 9.17) is 9.72 Å². The van der Waals surface area contributed by atoms with Crippen LogP contribution in [-0.2, 0) is 9.53 Å². The van der Waals surface area contributed by atoms with Gasteiger partial charge in [-0.1, -0.05) is 23.8 Å². The Morgan fingerprint density at radius 2 is 2.07 bits per heavy atom. The number of aromatic nitrogens is 3. The second kappa shape index (κ2) is 7.24. The van der Waals surface area contributed by atoms with Crippen LogP contribution in [0.15, 0.2) is 35.1 Å². The van der Waals surface area contributed by atoms with Gasteiger partial charge < -0.3 is 9.64 Å². The van der Waals surface area contributed by atoms with Gasteiger partial charge in [0.1, 0.15) is 0 Å². The van der Waals surface area contributed by atoms with Gasteiger partial charge in [0.2, 0.25) is 5.91 Å². The van der Waals surface area contributed by atoms with Crippen LogP contribution in [0.2, 0.25) is 0 Å². The fraction of sp³-hybridized carbons (Fsp3) is 0.381. The predicted molar refractivity (Wildman–Crippen MR) is 107 cm³/mol. The number of nitrogens with one attached hydrogen (secondary N) is 1. The van der Waals surface area contributed by atoms with Crippen molar-refractivity contribution >= 4 is 11.6 Å². The summed E-state index contributed by atoms with van der Waals surface area (Å²) < 4.78 is 6.55. The maximum Gasteiger partial charge on any atom is 0.272 e. The van der Waals surface area contributed by atoms with Crippen LogP contribution in [0.5, 0.6) is 0 Å². The van der Waals surface area contributed by atoms with Crippen LogP contribution in [0.1, 0.15) is 29.2 Å². The Morgan fingerprint density at radius 3 is 2.82 bits per heavy atom. The lowest BCUT2D eigenvalue weighted by atomic mass is 10.0. The summed E-state index contributed by atoms with van der Waals surface area (Å²) in [6, 6.07) is 9.67. The molecule has 0 spiro atoms. The molecule has 0 bridgehead atoms. The van der Waals surface area contributed by atoms with Gasteiger partial charge >= 0.3 is 0 Å². The van der Waals surface area contributed by atoms with Gasteiger partial charge in [-0.25, -0.2) is 9.50 Å². The fourth-order valence-electron chi connectivity index (χ4n) is 3.85. The molecule has 0 unspecified atom stereocenters. The molecule has 3 heterocycles. The molecule has 0 saturated carbocycles. The summed E-state index contributed by atoms with van der Waals surface area (Å²) in [5, 5.41) is 3.19. The van der Waals surface area contributed by atoms with E-state index in [9.17, 15) is 9.59 Å². The second-order valence-electron chi connectivity index (χ2n) is 7.39. The number of aryl methyl sites for hydroxylation is 2. The number of aromatic amines is 1. The van der Waals surface area contributed by atoms with Gasteiger partial charge in [0.15, 0.2) is 5.65 Å². The minimum atomic E-state index is -0.162. The number of likely N-dealkylation sites (tertiary alicyclic amines) is 1. The van der Waals surface area contributed by atoms with E-state index in [1.54, 1.807) is 18.1 Å². The van der Waals surface area contributed by atoms with Crippen LogP contribution in [0.25, 0.3) is 16.9 Å². The van der Waals surface area contributed by atoms with Crippen molar-refractivity contribution in [2.75, 3.05) is 26.8 Å². The number of amides is 1. The number of rotatable bonds is 5. The molecule has 2 aromatic heterocycles. The first kappa shape index (κ1) is 18.4. The average Bonchev–Trinajstić information content (AvgIpc) is 3.21. The lowest BCUT2D eigenvalue weighted by Gasteiger charge is -2.15. The number of methoxy groups -OCH3 is 1. The minimum Gasteiger partial charge on any atom is -0.383 e. The van der Waals surface area contributed by atoms with E-state index in [2.05, 4.69) is 11.2 Å². The molecule has 1 atom stereocenters. The van der Waals surface area contributed by atoms with Gasteiger partial charge in [-0.3, -0.25) is 14.7 Å². The van der Waals surface area contributed by atoms with Crippen molar-refractivity contribution in [3.05, 3.63) is 57.5 Å². The van der Waals surface area contributed by atoms with E-state index in [0.29, 0.717) is 37.5 Å². The van der Waals surface area contributed by atoms with Crippen molar-refractivity contribution < 1.29 is 9.53 Å². The number of fused-ring (bicyclic) bond motifs is 1. The van der Waals surface area contributed by atoms with Crippen molar-refractivity contribution in [2.45, 2.75) is 26.2 Å². The van der Waals surface area contributed by atoms with Crippen molar-refractivity contribution in [2.24, 2.45) is 0 Å². The van der Waals surface area contributed by atoms with Gasteiger partial charge in [0, 0.05) is 49.7 Å². The lowest BCUT2D eigenvalue weighted by molar-refractivity contribution is -0.128. The third-order valence-corrected chi connectivity index (χ3v) is 5.38. The predicted octanol–water partition coefficient (Wildman–Crippen LogP) is 2.27. The van der Waals surface area contributed by atoms with Crippen molar-refractivity contribution in [3.63, 3.8) is 0 Å². The molecule has 7 heteroatoms. The largest absolute Gasteiger partial charge is 0.383 e. The summed E-state index contributed by atoms with van der Waals surface area (Å²) in [6.07, 6.45) is 0.376. The fourth-order valence-corrected chi connectivity index (χ4v) is 3.85. The number of benzene rings is 1. The van der Waals surface area contributed by atoms with Gasteiger partial charge in [-0.2, -0.15) is 0 Å². The molecule has 1 aliphatic rings. The Kier molecular flexibility index (Phi) is 4.77. The first-order valence-electron chi connectivity index (χ1n) is 9.44. The Balaban J connectivity index is 1.72. The highest BCUT2D eigenvalue weighted by Gasteiger charge is 2.32. The third kappa shape index (κ3) is 3.22. The van der Waals surface area contributed by atoms with Crippen molar-refractivity contribution in [1.29, 1.82) is 0 Å². The molecule has 1 aliphatic heterocycles. The Labute approximate surface area is 162 Å². The number of hydrogen-bond acceptors (Lipinski definition) is 4. The molecular formula is C21H24N4O3. The number of carbonyl (C=O) groups excluding carboxylic acids is 1. The molecule has 1 saturated heterocycles. The van der Waals surface area contributed by atoms with E-state index in [1.165, 1.54) is 4.52 Å². The molecule has 4 rings (SSSR count). The molecule has 1 fully saturated rings. The van der Waals surface area contributed by atoms with Gasteiger partial charge in [0.25, 0.3) is 5.56 Å². The quantitative estimate of drug-likeness (QED) is 0.736. The zero-order chi connectivity index (χ0) is 19.8. The highest BCUT2D eigenvalue weighted by atomic mass is 16.5. The summed E-state index contributed by atoms with van der Waals surface area (Å²) in [5.41, 5.74) is 5.10. The van der Waals surface area contributed by atoms with Crippen LogP contribution >= 0.6 is 0 Å². The van der Waals surface area contributed by atoms with Gasteiger partial charge in [0.05, 0.1) is 18.0 Å². The normalized spacial score (nSPS) is 17.0. The monoisotopic (exact) mass is 380 g/mol. The Morgan fingerprint density at radius 1 is 1.25 bits per heavy atom. The number of ether oxygens (including phenoxy) is 1. The molecule has 1 N–H and O–H groups in total. The van der Waals surface area contributed by atoms with Gasteiger partial charge in [-0.05, 0) is 19.9 Å².